The Balaban J connectivity index is 2.86. The number of hydrogen-bond donors (Lipinski definition) is 2. The molecule has 6 heteroatoms. The van der Waals surface area contributed by atoms with Crippen molar-refractivity contribution in [3.8, 4) is 0 Å². The summed E-state index contributed by atoms with van der Waals surface area (Å²) in [5, 5.41) is 6.50. The summed E-state index contributed by atoms with van der Waals surface area (Å²) < 4.78 is 0. The quantitative estimate of drug-likeness (QED) is 0.734. The summed E-state index contributed by atoms with van der Waals surface area (Å²) in [6.07, 6.45) is 1.50. The number of carbonyl (C=O) groups is 1. The largest absolute Gasteiger partial charge is 0.392 e. The summed E-state index contributed by atoms with van der Waals surface area (Å²) in [5.41, 5.74) is 6.76. The van der Waals surface area contributed by atoms with Crippen LogP contribution >= 0.6 is 12.2 Å². The van der Waals surface area contributed by atoms with E-state index >= 15 is 0 Å². The van der Waals surface area contributed by atoms with Gasteiger partial charge in [-0.3, -0.25) is 9.89 Å². The van der Waals surface area contributed by atoms with Gasteiger partial charge in [-0.05, 0) is 13.8 Å². The number of nitrogens with one attached hydrogen (secondary N) is 1. The summed E-state index contributed by atoms with van der Waals surface area (Å²) in [6, 6.07) is -0.262. The Labute approximate surface area is 93.6 Å². The minimum Gasteiger partial charge on any atom is -0.392 e. The minimum absolute atomic E-state index is 0.137. The SMILES string of the molecule is Cc1[nH]ncc1C(=O)N(C)C(C)C(N)=S. The predicted octanol–water partition coefficient (Wildman–Crippen LogP) is 0.465. The molecule has 1 aromatic heterocycles. The molecule has 15 heavy (non-hydrogen) atoms. The summed E-state index contributed by atoms with van der Waals surface area (Å²) in [6.45, 7) is 3.58. The van der Waals surface area contributed by atoms with Gasteiger partial charge in [0.05, 0.1) is 22.8 Å². The highest BCUT2D eigenvalue weighted by Gasteiger charge is 2.21. The third kappa shape index (κ3) is 2.33. The zero-order chi connectivity index (χ0) is 11.6. The molecule has 0 radical (unpaired) electrons. The number of carbonyl (C=O) groups excluding carboxylic acids is 1. The average molecular weight is 226 g/mol. The number of H-pyrrole nitrogens is 1. The van der Waals surface area contributed by atoms with Gasteiger partial charge in [-0.25, -0.2) is 0 Å². The summed E-state index contributed by atoms with van der Waals surface area (Å²) in [5.74, 6) is -0.137. The maximum absolute atomic E-state index is 11.9. The molecule has 0 fully saturated rings. The van der Waals surface area contributed by atoms with Crippen LogP contribution in [0, 0.1) is 6.92 Å². The number of thiocarbonyl (C=S) groups is 1. The zero-order valence-corrected chi connectivity index (χ0v) is 9.76. The lowest BCUT2D eigenvalue weighted by molar-refractivity contribution is 0.0778. The topological polar surface area (TPSA) is 75.0 Å². The molecular weight excluding hydrogens is 212 g/mol. The summed E-state index contributed by atoms with van der Waals surface area (Å²) in [7, 11) is 1.67. The molecule has 1 heterocycles. The van der Waals surface area contributed by atoms with Crippen LogP contribution in [-0.2, 0) is 0 Å². The van der Waals surface area contributed by atoms with Gasteiger partial charge < -0.3 is 10.6 Å². The van der Waals surface area contributed by atoms with Gasteiger partial charge in [-0.2, -0.15) is 5.10 Å². The molecule has 3 N–H and O–H groups in total. The number of likely N-dealkylation sites (N-methyl/N-ethyl adjacent to an activating group) is 1. The number of aromatic amines is 1. The normalized spacial score (nSPS) is 12.2. The molecule has 0 aliphatic carbocycles. The van der Waals surface area contributed by atoms with Crippen molar-refractivity contribution in [2.24, 2.45) is 5.73 Å². The van der Waals surface area contributed by atoms with Gasteiger partial charge in [0.1, 0.15) is 0 Å². The van der Waals surface area contributed by atoms with Gasteiger partial charge in [0, 0.05) is 12.7 Å². The molecular formula is C9H14N4OS. The number of nitrogens with zero attached hydrogens (tertiary/aromatic N) is 2. The first-order valence-corrected chi connectivity index (χ1v) is 4.92. The summed E-state index contributed by atoms with van der Waals surface area (Å²) in [4.78, 5) is 13.7. The Morgan fingerprint density at radius 3 is 2.73 bits per heavy atom. The molecule has 0 bridgehead atoms. The second-order valence-corrected chi connectivity index (χ2v) is 3.87. The van der Waals surface area contributed by atoms with Crippen LogP contribution in [0.2, 0.25) is 0 Å². The first-order chi connectivity index (χ1) is 6.95. The molecule has 0 saturated carbocycles. The van der Waals surface area contributed by atoms with Gasteiger partial charge in [0.15, 0.2) is 0 Å². The van der Waals surface area contributed by atoms with E-state index in [0.717, 1.165) is 5.69 Å². The lowest BCUT2D eigenvalue weighted by atomic mass is 10.2. The highest BCUT2D eigenvalue weighted by Crippen LogP contribution is 2.08. The van der Waals surface area contributed by atoms with E-state index in [2.05, 4.69) is 10.2 Å². The van der Waals surface area contributed by atoms with Crippen LogP contribution in [-0.4, -0.2) is 39.1 Å². The molecule has 0 spiro atoms. The van der Waals surface area contributed by atoms with Crippen LogP contribution in [0.4, 0.5) is 0 Å². The van der Waals surface area contributed by atoms with Crippen LogP contribution in [0.1, 0.15) is 23.0 Å². The third-order valence-electron chi connectivity index (χ3n) is 2.37. The van der Waals surface area contributed by atoms with Crippen LogP contribution in [0.15, 0.2) is 6.20 Å². The van der Waals surface area contributed by atoms with Crippen molar-refractivity contribution in [3.63, 3.8) is 0 Å². The molecule has 1 aromatic rings. The molecule has 0 saturated heterocycles. The number of rotatable bonds is 3. The molecule has 1 unspecified atom stereocenters. The van der Waals surface area contributed by atoms with Crippen molar-refractivity contribution < 1.29 is 4.79 Å². The van der Waals surface area contributed by atoms with Crippen LogP contribution < -0.4 is 5.73 Å². The first-order valence-electron chi connectivity index (χ1n) is 4.51. The molecule has 0 aliphatic rings. The Kier molecular flexibility index (Phi) is 3.41. The van der Waals surface area contributed by atoms with Gasteiger partial charge in [0.25, 0.3) is 5.91 Å². The maximum Gasteiger partial charge on any atom is 0.257 e. The molecule has 5 nitrogen and oxygen atoms in total. The van der Waals surface area contributed by atoms with E-state index in [1.807, 2.05) is 0 Å². The van der Waals surface area contributed by atoms with E-state index in [1.165, 1.54) is 11.1 Å². The number of nitrogens with two attached hydrogens (primary N) is 1. The lowest BCUT2D eigenvalue weighted by Gasteiger charge is -2.23. The molecule has 82 valence electrons. The standard InChI is InChI=1S/C9H14N4OS/c1-5-7(4-11-12-5)9(14)13(3)6(2)8(10)15/h4,6H,1-3H3,(H2,10,15)(H,11,12). The van der Waals surface area contributed by atoms with Crippen LogP contribution in [0.3, 0.4) is 0 Å². The fourth-order valence-electron chi connectivity index (χ4n) is 1.12. The summed E-state index contributed by atoms with van der Waals surface area (Å²) >= 11 is 4.84. The van der Waals surface area contributed by atoms with E-state index in [0.29, 0.717) is 10.6 Å². The highest BCUT2D eigenvalue weighted by molar-refractivity contribution is 7.80. The van der Waals surface area contributed by atoms with Crippen molar-refractivity contribution in [1.82, 2.24) is 15.1 Å². The van der Waals surface area contributed by atoms with Crippen molar-refractivity contribution in [1.29, 1.82) is 0 Å². The Morgan fingerprint density at radius 2 is 2.33 bits per heavy atom. The Hall–Kier alpha value is -1.43. The molecule has 0 aliphatic heterocycles. The minimum atomic E-state index is -0.262. The molecule has 0 aromatic carbocycles. The molecule has 1 amide bonds. The van der Waals surface area contributed by atoms with E-state index in [4.69, 9.17) is 18.0 Å². The second-order valence-electron chi connectivity index (χ2n) is 3.40. The van der Waals surface area contributed by atoms with Gasteiger partial charge >= 0.3 is 0 Å². The van der Waals surface area contributed by atoms with Crippen molar-refractivity contribution in [3.05, 3.63) is 17.5 Å². The van der Waals surface area contributed by atoms with E-state index in [1.54, 1.807) is 20.9 Å². The Bertz CT molecular complexity index is 387. The van der Waals surface area contributed by atoms with Gasteiger partial charge in [0.2, 0.25) is 0 Å². The van der Waals surface area contributed by atoms with Crippen molar-refractivity contribution in [2.75, 3.05) is 7.05 Å². The predicted molar refractivity (Wildman–Crippen MR) is 61.7 cm³/mol. The third-order valence-corrected chi connectivity index (χ3v) is 2.71. The average Bonchev–Trinajstić information content (AvgIpc) is 2.60. The maximum atomic E-state index is 11.9. The molecule has 1 rings (SSSR count). The van der Waals surface area contributed by atoms with Crippen molar-refractivity contribution >= 4 is 23.1 Å². The second kappa shape index (κ2) is 4.39. The van der Waals surface area contributed by atoms with Crippen molar-refractivity contribution in [2.45, 2.75) is 19.9 Å². The van der Waals surface area contributed by atoms with Gasteiger partial charge in [-0.15, -0.1) is 0 Å². The number of amides is 1. The monoisotopic (exact) mass is 226 g/mol. The zero-order valence-electron chi connectivity index (χ0n) is 8.94. The van der Waals surface area contributed by atoms with Gasteiger partial charge in [-0.1, -0.05) is 12.2 Å². The molecule has 1 atom stereocenters. The first kappa shape index (κ1) is 11.6. The Morgan fingerprint density at radius 1 is 1.73 bits per heavy atom. The van der Waals surface area contributed by atoms with Crippen LogP contribution in [0.25, 0.3) is 0 Å². The fraction of sp³-hybridized carbons (Fsp3) is 0.444. The van der Waals surface area contributed by atoms with Crippen LogP contribution in [0.5, 0.6) is 0 Å². The number of aryl methyl sites for hydroxylation is 1. The fourth-order valence-corrected chi connectivity index (χ4v) is 1.28. The van der Waals surface area contributed by atoms with E-state index in [9.17, 15) is 4.79 Å². The lowest BCUT2D eigenvalue weighted by Crippen LogP contribution is -2.42. The van der Waals surface area contributed by atoms with E-state index in [-0.39, 0.29) is 11.9 Å². The highest BCUT2D eigenvalue weighted by atomic mass is 32.1. The smallest absolute Gasteiger partial charge is 0.257 e. The number of aromatic nitrogens is 2. The van der Waals surface area contributed by atoms with E-state index < -0.39 is 0 Å². The number of hydrogen-bond acceptors (Lipinski definition) is 3.